The third kappa shape index (κ3) is 3.09. The first kappa shape index (κ1) is 13.2. The van der Waals surface area contributed by atoms with Gasteiger partial charge >= 0.3 is 0 Å². The van der Waals surface area contributed by atoms with Crippen LogP contribution in [0, 0.1) is 5.92 Å². The molecule has 1 atom stereocenters. The first-order valence-electron chi connectivity index (χ1n) is 8.12. The molecule has 0 aromatic carbocycles. The quantitative estimate of drug-likeness (QED) is 0.908. The lowest BCUT2D eigenvalue weighted by Gasteiger charge is -2.29. The lowest BCUT2D eigenvalue weighted by atomic mass is 9.99. The predicted octanol–water partition coefficient (Wildman–Crippen LogP) is 1.69. The normalized spacial score (nSPS) is 23.0. The van der Waals surface area contributed by atoms with Crippen LogP contribution in [0.25, 0.3) is 5.78 Å². The minimum atomic E-state index is 0.782. The number of imidazole rings is 1. The topological polar surface area (TPSA) is 45.5 Å². The van der Waals surface area contributed by atoms with Gasteiger partial charge in [-0.1, -0.05) is 0 Å². The van der Waals surface area contributed by atoms with Crippen LogP contribution in [0.2, 0.25) is 0 Å². The molecule has 1 unspecified atom stereocenters. The molecule has 1 saturated carbocycles. The smallest absolute Gasteiger partial charge is 0.233 e. The largest absolute Gasteiger partial charge is 0.316 e. The van der Waals surface area contributed by atoms with Gasteiger partial charge in [-0.3, -0.25) is 9.30 Å². The second-order valence-electron chi connectivity index (χ2n) is 6.43. The molecule has 5 nitrogen and oxygen atoms in total. The van der Waals surface area contributed by atoms with Crippen molar-refractivity contribution in [2.24, 2.45) is 5.92 Å². The molecule has 112 valence electrons. The maximum Gasteiger partial charge on any atom is 0.233 e. The number of hydrogen-bond donors (Lipinski definition) is 1. The number of fused-ring (bicyclic) bond motifs is 1. The van der Waals surface area contributed by atoms with Gasteiger partial charge in [0.1, 0.15) is 0 Å². The summed E-state index contributed by atoms with van der Waals surface area (Å²) in [5.41, 5.74) is 1.14. The Kier molecular flexibility index (Phi) is 3.61. The minimum Gasteiger partial charge on any atom is -0.316 e. The highest BCUT2D eigenvalue weighted by Gasteiger charge is 2.31. The first-order chi connectivity index (χ1) is 10.4. The lowest BCUT2D eigenvalue weighted by Crippen LogP contribution is -2.39. The van der Waals surface area contributed by atoms with Crippen LogP contribution in [0.15, 0.2) is 24.7 Å². The lowest BCUT2D eigenvalue weighted by molar-refractivity contribution is 0.191. The number of rotatable bonds is 5. The summed E-state index contributed by atoms with van der Waals surface area (Å²) in [6, 6.07) is 2.73. The minimum absolute atomic E-state index is 0.782. The number of nitrogens with zero attached hydrogens (tertiary/aromatic N) is 4. The van der Waals surface area contributed by atoms with E-state index in [0.717, 1.165) is 30.0 Å². The van der Waals surface area contributed by atoms with Crippen LogP contribution < -0.4 is 5.32 Å². The van der Waals surface area contributed by atoms with E-state index in [1.165, 1.54) is 45.3 Å². The predicted molar refractivity (Wildman–Crippen MR) is 82.0 cm³/mol. The molecule has 0 radical (unpaired) electrons. The summed E-state index contributed by atoms with van der Waals surface area (Å²) in [4.78, 5) is 11.6. The molecule has 3 heterocycles. The van der Waals surface area contributed by atoms with Crippen LogP contribution in [0.4, 0.5) is 0 Å². The van der Waals surface area contributed by atoms with E-state index in [1.54, 1.807) is 6.20 Å². The molecule has 4 rings (SSSR count). The van der Waals surface area contributed by atoms with Crippen LogP contribution in [0.1, 0.15) is 31.4 Å². The highest BCUT2D eigenvalue weighted by atomic mass is 15.2. The molecular formula is C16H23N5. The summed E-state index contributed by atoms with van der Waals surface area (Å²) in [6.45, 7) is 4.54. The van der Waals surface area contributed by atoms with Crippen LogP contribution in [-0.4, -0.2) is 44.9 Å². The first-order valence-corrected chi connectivity index (χ1v) is 8.12. The third-order valence-electron chi connectivity index (χ3n) is 4.61. The van der Waals surface area contributed by atoms with Crippen LogP contribution in [0.3, 0.4) is 0 Å². The van der Waals surface area contributed by atoms with Gasteiger partial charge in [-0.25, -0.2) is 9.97 Å². The molecule has 0 bridgehead atoms. The zero-order valence-corrected chi connectivity index (χ0v) is 12.4. The third-order valence-corrected chi connectivity index (χ3v) is 4.61. The summed E-state index contributed by atoms with van der Waals surface area (Å²) >= 11 is 0. The van der Waals surface area contributed by atoms with E-state index < -0.39 is 0 Å². The molecule has 5 heteroatoms. The van der Waals surface area contributed by atoms with Gasteiger partial charge < -0.3 is 5.32 Å². The second-order valence-corrected chi connectivity index (χ2v) is 6.43. The van der Waals surface area contributed by atoms with Crippen LogP contribution >= 0.6 is 0 Å². The van der Waals surface area contributed by atoms with E-state index in [-0.39, 0.29) is 0 Å². The van der Waals surface area contributed by atoms with Crippen molar-refractivity contribution >= 4 is 5.78 Å². The highest BCUT2D eigenvalue weighted by Crippen LogP contribution is 2.29. The molecule has 2 aliphatic rings. The van der Waals surface area contributed by atoms with Crippen molar-refractivity contribution in [1.29, 1.82) is 0 Å². The highest BCUT2D eigenvalue weighted by molar-refractivity contribution is 5.29. The second kappa shape index (κ2) is 5.73. The van der Waals surface area contributed by atoms with Gasteiger partial charge in [0.25, 0.3) is 0 Å². The summed E-state index contributed by atoms with van der Waals surface area (Å²) in [5, 5.41) is 3.53. The van der Waals surface area contributed by atoms with Gasteiger partial charge in [-0.2, -0.15) is 0 Å². The Morgan fingerprint density at radius 2 is 2.29 bits per heavy atom. The molecule has 0 amide bonds. The monoisotopic (exact) mass is 285 g/mol. The van der Waals surface area contributed by atoms with E-state index in [4.69, 9.17) is 0 Å². The Balaban J connectivity index is 1.46. The summed E-state index contributed by atoms with van der Waals surface area (Å²) in [6.07, 6.45) is 11.3. The number of hydrogen-bond acceptors (Lipinski definition) is 4. The van der Waals surface area contributed by atoms with Gasteiger partial charge in [0.15, 0.2) is 0 Å². The van der Waals surface area contributed by atoms with Crippen LogP contribution in [0.5, 0.6) is 0 Å². The Hall–Kier alpha value is -1.46. The Labute approximate surface area is 125 Å². The SMILES string of the molecule is c1cnc2nc(CN(CC3CCCNC3)C3CC3)cn2c1. The fourth-order valence-corrected chi connectivity index (χ4v) is 3.36. The van der Waals surface area contributed by atoms with Gasteiger partial charge in [-0.15, -0.1) is 0 Å². The maximum atomic E-state index is 4.65. The molecule has 1 N–H and O–H groups in total. The standard InChI is InChI=1S/C16H23N5/c1-3-13(9-17-6-1)10-21(15-4-5-15)12-14-11-20-8-2-7-18-16(20)19-14/h2,7-8,11,13,15,17H,1,3-6,9-10,12H2. The Morgan fingerprint density at radius 1 is 1.33 bits per heavy atom. The van der Waals surface area contributed by atoms with Crippen molar-refractivity contribution in [1.82, 2.24) is 24.6 Å². The van der Waals surface area contributed by atoms with E-state index in [2.05, 4.69) is 26.4 Å². The van der Waals surface area contributed by atoms with Gasteiger partial charge in [-0.05, 0) is 50.8 Å². The molecule has 2 aromatic heterocycles. The fourth-order valence-electron chi connectivity index (χ4n) is 3.36. The molecule has 1 aliphatic heterocycles. The zero-order valence-electron chi connectivity index (χ0n) is 12.4. The number of piperidine rings is 1. The molecule has 2 aromatic rings. The van der Waals surface area contributed by atoms with E-state index >= 15 is 0 Å². The molecular weight excluding hydrogens is 262 g/mol. The summed E-state index contributed by atoms with van der Waals surface area (Å²) in [7, 11) is 0. The summed E-state index contributed by atoms with van der Waals surface area (Å²) in [5.74, 6) is 1.61. The van der Waals surface area contributed by atoms with Crippen molar-refractivity contribution in [3.63, 3.8) is 0 Å². The molecule has 21 heavy (non-hydrogen) atoms. The molecule has 1 aliphatic carbocycles. The van der Waals surface area contributed by atoms with Crippen molar-refractivity contribution in [2.75, 3.05) is 19.6 Å². The van der Waals surface area contributed by atoms with Crippen molar-refractivity contribution < 1.29 is 0 Å². The van der Waals surface area contributed by atoms with Crippen molar-refractivity contribution in [3.05, 3.63) is 30.4 Å². The van der Waals surface area contributed by atoms with Gasteiger partial charge in [0, 0.05) is 37.7 Å². The Bertz CT molecular complexity index is 564. The fraction of sp³-hybridized carbons (Fsp3) is 0.625. The van der Waals surface area contributed by atoms with Crippen LogP contribution in [-0.2, 0) is 6.54 Å². The van der Waals surface area contributed by atoms with E-state index in [1.807, 2.05) is 16.7 Å². The number of nitrogens with one attached hydrogen (secondary N) is 1. The average molecular weight is 285 g/mol. The van der Waals surface area contributed by atoms with Gasteiger partial charge in [0.05, 0.1) is 5.69 Å². The maximum absolute atomic E-state index is 4.65. The molecule has 2 fully saturated rings. The zero-order chi connectivity index (χ0) is 14.1. The van der Waals surface area contributed by atoms with Crippen molar-refractivity contribution in [3.8, 4) is 0 Å². The number of aromatic nitrogens is 3. The van der Waals surface area contributed by atoms with E-state index in [0.29, 0.717) is 0 Å². The molecule has 1 saturated heterocycles. The Morgan fingerprint density at radius 3 is 3.05 bits per heavy atom. The van der Waals surface area contributed by atoms with E-state index in [9.17, 15) is 0 Å². The molecule has 0 spiro atoms. The summed E-state index contributed by atoms with van der Waals surface area (Å²) < 4.78 is 2.02. The van der Waals surface area contributed by atoms with Gasteiger partial charge in [0.2, 0.25) is 5.78 Å². The van der Waals surface area contributed by atoms with Crippen molar-refractivity contribution in [2.45, 2.75) is 38.3 Å². The average Bonchev–Trinajstić information content (AvgIpc) is 3.28.